The van der Waals surface area contributed by atoms with Gasteiger partial charge in [-0.25, -0.2) is 0 Å². The van der Waals surface area contributed by atoms with Gasteiger partial charge in [0, 0.05) is 13.0 Å². The fourth-order valence-electron chi connectivity index (χ4n) is 2.78. The van der Waals surface area contributed by atoms with Gasteiger partial charge in [0.15, 0.2) is 0 Å². The summed E-state index contributed by atoms with van der Waals surface area (Å²) in [5.74, 6) is -0.103. The lowest BCUT2D eigenvalue weighted by molar-refractivity contribution is -0.131. The van der Waals surface area contributed by atoms with Gasteiger partial charge < -0.3 is 15.2 Å². The molecule has 4 heteroatoms. The van der Waals surface area contributed by atoms with Crippen LogP contribution < -0.4 is 5.32 Å². The molecule has 2 N–H and O–H groups in total. The van der Waals surface area contributed by atoms with Gasteiger partial charge in [0.2, 0.25) is 5.91 Å². The Morgan fingerprint density at radius 2 is 2.22 bits per heavy atom. The predicted octanol–water partition coefficient (Wildman–Crippen LogP) is 0.940. The molecule has 1 fully saturated rings. The molecule has 1 aliphatic carbocycles. The molecule has 2 aliphatic rings. The molecule has 0 aromatic heterocycles. The third-order valence-electron chi connectivity index (χ3n) is 3.72. The molecule has 4 nitrogen and oxygen atoms in total. The van der Waals surface area contributed by atoms with E-state index in [2.05, 4.69) is 5.32 Å². The minimum atomic E-state index is -0.534. The minimum Gasteiger partial charge on any atom is -0.390 e. The van der Waals surface area contributed by atoms with E-state index in [1.54, 1.807) is 0 Å². The van der Waals surface area contributed by atoms with Crippen LogP contribution in [0.3, 0.4) is 0 Å². The van der Waals surface area contributed by atoms with Crippen LogP contribution >= 0.6 is 0 Å². The fourth-order valence-corrected chi connectivity index (χ4v) is 2.78. The van der Waals surface area contributed by atoms with Gasteiger partial charge in [-0.2, -0.15) is 0 Å². The molecule has 0 spiro atoms. The van der Waals surface area contributed by atoms with E-state index in [4.69, 9.17) is 4.74 Å². The molecule has 96 valence electrons. The molecule has 3 rings (SSSR count). The topological polar surface area (TPSA) is 58.6 Å². The second-order valence-electron chi connectivity index (χ2n) is 4.96. The Balaban J connectivity index is 1.74. The third kappa shape index (κ3) is 2.02. The SMILES string of the molecule is O=C(N[C@@H]1c2ccccc2C[C@@H]1O)[C@H]1CCCO1. The van der Waals surface area contributed by atoms with Crippen molar-refractivity contribution in [3.63, 3.8) is 0 Å². The Morgan fingerprint density at radius 3 is 3.00 bits per heavy atom. The van der Waals surface area contributed by atoms with Crippen LogP contribution in [0.25, 0.3) is 0 Å². The molecule has 1 aromatic rings. The van der Waals surface area contributed by atoms with Crippen molar-refractivity contribution in [1.82, 2.24) is 5.32 Å². The van der Waals surface area contributed by atoms with Crippen molar-refractivity contribution in [2.75, 3.05) is 6.61 Å². The van der Waals surface area contributed by atoms with E-state index in [1.165, 1.54) is 0 Å². The Bertz CT molecular complexity index is 454. The van der Waals surface area contributed by atoms with Crippen LogP contribution in [0, 0.1) is 0 Å². The van der Waals surface area contributed by atoms with E-state index < -0.39 is 6.10 Å². The lowest BCUT2D eigenvalue weighted by Gasteiger charge is -2.20. The molecule has 1 aromatic carbocycles. The van der Waals surface area contributed by atoms with Crippen molar-refractivity contribution in [3.8, 4) is 0 Å². The lowest BCUT2D eigenvalue weighted by Crippen LogP contribution is -2.40. The first-order valence-electron chi connectivity index (χ1n) is 6.43. The summed E-state index contributed by atoms with van der Waals surface area (Å²) in [4.78, 5) is 12.0. The number of hydrogen-bond donors (Lipinski definition) is 2. The Kier molecular flexibility index (Phi) is 3.06. The zero-order valence-electron chi connectivity index (χ0n) is 10.1. The van der Waals surface area contributed by atoms with E-state index >= 15 is 0 Å². The minimum absolute atomic E-state index is 0.103. The summed E-state index contributed by atoms with van der Waals surface area (Å²) in [6.07, 6.45) is 1.43. The quantitative estimate of drug-likeness (QED) is 0.817. The fraction of sp³-hybridized carbons (Fsp3) is 0.500. The van der Waals surface area contributed by atoms with Gasteiger partial charge in [0.1, 0.15) is 6.10 Å². The number of rotatable bonds is 2. The van der Waals surface area contributed by atoms with Crippen molar-refractivity contribution in [2.24, 2.45) is 0 Å². The third-order valence-corrected chi connectivity index (χ3v) is 3.72. The molecule has 0 bridgehead atoms. The van der Waals surface area contributed by atoms with Crippen LogP contribution in [0.1, 0.15) is 30.0 Å². The highest BCUT2D eigenvalue weighted by molar-refractivity contribution is 5.81. The van der Waals surface area contributed by atoms with Crippen molar-refractivity contribution >= 4 is 5.91 Å². The number of benzene rings is 1. The van der Waals surface area contributed by atoms with Gasteiger partial charge in [-0.05, 0) is 24.0 Å². The summed E-state index contributed by atoms with van der Waals surface area (Å²) < 4.78 is 5.35. The molecular formula is C14H17NO3. The van der Waals surface area contributed by atoms with Gasteiger partial charge >= 0.3 is 0 Å². The average molecular weight is 247 g/mol. The van der Waals surface area contributed by atoms with Crippen LogP contribution in [0.15, 0.2) is 24.3 Å². The number of nitrogens with one attached hydrogen (secondary N) is 1. The number of aliphatic hydroxyl groups excluding tert-OH is 1. The van der Waals surface area contributed by atoms with E-state index in [0.717, 1.165) is 24.0 Å². The van der Waals surface area contributed by atoms with Gasteiger partial charge in [-0.3, -0.25) is 4.79 Å². The zero-order chi connectivity index (χ0) is 12.5. The van der Waals surface area contributed by atoms with Crippen molar-refractivity contribution in [2.45, 2.75) is 37.5 Å². The number of ether oxygens (including phenoxy) is 1. The van der Waals surface area contributed by atoms with Gasteiger partial charge in [0.05, 0.1) is 12.1 Å². The van der Waals surface area contributed by atoms with E-state index in [9.17, 15) is 9.90 Å². The summed E-state index contributed by atoms with van der Waals surface area (Å²) in [7, 11) is 0. The van der Waals surface area contributed by atoms with Gasteiger partial charge in [0.25, 0.3) is 0 Å². The Labute approximate surface area is 106 Å². The molecule has 3 atom stereocenters. The standard InChI is InChI=1S/C14H17NO3/c16-11-8-9-4-1-2-5-10(9)13(11)15-14(17)12-6-3-7-18-12/h1-2,4-5,11-13,16H,3,6-8H2,(H,15,17)/t11-,12+,13+/m0/s1. The molecular weight excluding hydrogens is 230 g/mol. The molecule has 0 unspecified atom stereocenters. The molecule has 1 saturated heterocycles. The monoisotopic (exact) mass is 247 g/mol. The molecule has 1 aliphatic heterocycles. The summed E-state index contributed by atoms with van der Waals surface area (Å²) in [6.45, 7) is 0.655. The summed E-state index contributed by atoms with van der Waals surface area (Å²) >= 11 is 0. The maximum Gasteiger partial charge on any atom is 0.249 e. The molecule has 1 amide bonds. The van der Waals surface area contributed by atoms with Crippen LogP contribution in [-0.4, -0.2) is 29.8 Å². The second-order valence-corrected chi connectivity index (χ2v) is 4.96. The lowest BCUT2D eigenvalue weighted by atomic mass is 10.1. The normalized spacial score (nSPS) is 30.2. The van der Waals surface area contributed by atoms with Crippen molar-refractivity contribution in [1.29, 1.82) is 0 Å². The highest BCUT2D eigenvalue weighted by Crippen LogP contribution is 2.31. The van der Waals surface area contributed by atoms with E-state index in [0.29, 0.717) is 13.0 Å². The first-order chi connectivity index (χ1) is 8.75. The van der Waals surface area contributed by atoms with E-state index in [-0.39, 0.29) is 18.1 Å². The second kappa shape index (κ2) is 4.71. The van der Waals surface area contributed by atoms with E-state index in [1.807, 2.05) is 24.3 Å². The summed E-state index contributed by atoms with van der Waals surface area (Å²) in [5, 5.41) is 13.0. The number of carbonyl (C=O) groups excluding carboxylic acids is 1. The zero-order valence-corrected chi connectivity index (χ0v) is 10.1. The summed E-state index contributed by atoms with van der Waals surface area (Å²) in [5.41, 5.74) is 2.14. The van der Waals surface area contributed by atoms with Crippen molar-refractivity contribution < 1.29 is 14.6 Å². The maximum absolute atomic E-state index is 12.0. The summed E-state index contributed by atoms with van der Waals surface area (Å²) in [6, 6.07) is 7.55. The van der Waals surface area contributed by atoms with Crippen molar-refractivity contribution in [3.05, 3.63) is 35.4 Å². The highest BCUT2D eigenvalue weighted by atomic mass is 16.5. The predicted molar refractivity (Wildman–Crippen MR) is 66.0 cm³/mol. The molecule has 1 heterocycles. The molecule has 0 radical (unpaired) electrons. The first-order valence-corrected chi connectivity index (χ1v) is 6.43. The largest absolute Gasteiger partial charge is 0.390 e. The smallest absolute Gasteiger partial charge is 0.249 e. The highest BCUT2D eigenvalue weighted by Gasteiger charge is 2.34. The number of amides is 1. The van der Waals surface area contributed by atoms with Gasteiger partial charge in [-0.1, -0.05) is 24.3 Å². The number of carbonyl (C=O) groups is 1. The van der Waals surface area contributed by atoms with Crippen LogP contribution in [-0.2, 0) is 16.0 Å². The first kappa shape index (κ1) is 11.7. The van der Waals surface area contributed by atoms with Crippen LogP contribution in [0.5, 0.6) is 0 Å². The number of hydrogen-bond acceptors (Lipinski definition) is 3. The van der Waals surface area contributed by atoms with Gasteiger partial charge in [-0.15, -0.1) is 0 Å². The molecule has 18 heavy (non-hydrogen) atoms. The molecule has 0 saturated carbocycles. The van der Waals surface area contributed by atoms with Crippen LogP contribution in [0.4, 0.5) is 0 Å². The average Bonchev–Trinajstić information content (AvgIpc) is 2.98. The van der Waals surface area contributed by atoms with Crippen LogP contribution in [0.2, 0.25) is 0 Å². The number of fused-ring (bicyclic) bond motifs is 1. The Hall–Kier alpha value is -1.39. The number of aliphatic hydroxyl groups is 1. The Morgan fingerprint density at radius 1 is 1.39 bits per heavy atom. The maximum atomic E-state index is 12.0.